The van der Waals surface area contributed by atoms with Crippen LogP contribution in [-0.2, 0) is 13.8 Å². The van der Waals surface area contributed by atoms with Crippen LogP contribution >= 0.6 is 26.6 Å². The first-order valence-electron chi connectivity index (χ1n) is 5.78. The lowest BCUT2D eigenvalue weighted by Gasteiger charge is -2.11. The fourth-order valence-electron chi connectivity index (χ4n) is 1.41. The van der Waals surface area contributed by atoms with Crippen LogP contribution in [0.2, 0.25) is 0 Å². The summed E-state index contributed by atoms with van der Waals surface area (Å²) in [6.45, 7) is 4.02. The topological polar surface area (TPSA) is 63.2 Å². The molecule has 0 spiro atoms. The molecule has 1 aromatic rings. The highest BCUT2D eigenvalue weighted by Crippen LogP contribution is 2.27. The van der Waals surface area contributed by atoms with Gasteiger partial charge in [0.25, 0.3) is 9.05 Å². The van der Waals surface area contributed by atoms with Crippen LogP contribution in [0, 0.1) is 5.92 Å². The van der Waals surface area contributed by atoms with Crippen molar-refractivity contribution in [3.8, 4) is 0 Å². The van der Waals surface area contributed by atoms with E-state index in [1.807, 2.05) is 13.8 Å². The van der Waals surface area contributed by atoms with Gasteiger partial charge in [0.2, 0.25) is 5.91 Å². The Morgan fingerprint density at radius 3 is 2.58 bits per heavy atom. The number of carbonyl (C=O) groups excluding carboxylic acids is 1. The molecule has 7 heteroatoms. The van der Waals surface area contributed by atoms with Crippen LogP contribution in [0.25, 0.3) is 0 Å². The van der Waals surface area contributed by atoms with Gasteiger partial charge >= 0.3 is 0 Å². The maximum Gasteiger partial charge on any atom is 0.261 e. The number of halogens is 2. The number of hydrogen-bond donors (Lipinski definition) is 1. The molecule has 1 unspecified atom stereocenters. The van der Waals surface area contributed by atoms with Gasteiger partial charge in [-0.1, -0.05) is 20.3 Å². The van der Waals surface area contributed by atoms with Gasteiger partial charge in [-0.25, -0.2) is 8.42 Å². The van der Waals surface area contributed by atoms with Gasteiger partial charge in [-0.15, -0.1) is 0 Å². The maximum absolute atomic E-state index is 11.7. The minimum absolute atomic E-state index is 0.0130. The Morgan fingerprint density at radius 1 is 1.47 bits per heavy atom. The van der Waals surface area contributed by atoms with Gasteiger partial charge in [-0.2, -0.15) is 0 Å². The minimum atomic E-state index is -3.76. The zero-order valence-electron chi connectivity index (χ0n) is 10.6. The third kappa shape index (κ3) is 5.12. The van der Waals surface area contributed by atoms with Crippen LogP contribution in [0.15, 0.2) is 27.6 Å². The highest BCUT2D eigenvalue weighted by atomic mass is 79.9. The van der Waals surface area contributed by atoms with E-state index in [-0.39, 0.29) is 10.8 Å². The Kier molecular flexibility index (Phi) is 5.82. The van der Waals surface area contributed by atoms with Crippen LogP contribution in [0.5, 0.6) is 0 Å². The summed E-state index contributed by atoms with van der Waals surface area (Å²) >= 11 is 3.21. The van der Waals surface area contributed by atoms with Gasteiger partial charge in [0.1, 0.15) is 0 Å². The average Bonchev–Trinajstić information content (AvgIpc) is 2.30. The SMILES string of the molecule is CCC(C)CC(=O)Nc1ccc(S(=O)(=O)Cl)cc1Br. The Balaban J connectivity index is 2.84. The Morgan fingerprint density at radius 2 is 2.11 bits per heavy atom. The van der Waals surface area contributed by atoms with E-state index in [0.29, 0.717) is 22.5 Å². The van der Waals surface area contributed by atoms with E-state index >= 15 is 0 Å². The molecule has 19 heavy (non-hydrogen) atoms. The Hall–Kier alpha value is -0.590. The fourth-order valence-corrected chi connectivity index (χ4v) is 2.82. The molecule has 0 aliphatic rings. The maximum atomic E-state index is 11.7. The summed E-state index contributed by atoms with van der Waals surface area (Å²) in [7, 11) is 1.48. The molecule has 0 fully saturated rings. The Bertz CT molecular complexity index is 574. The van der Waals surface area contributed by atoms with Gasteiger partial charge in [0.05, 0.1) is 10.6 Å². The van der Waals surface area contributed by atoms with Crippen LogP contribution in [0.1, 0.15) is 26.7 Å². The molecule has 0 aromatic heterocycles. The van der Waals surface area contributed by atoms with E-state index in [2.05, 4.69) is 21.2 Å². The number of amides is 1. The van der Waals surface area contributed by atoms with E-state index in [4.69, 9.17) is 10.7 Å². The van der Waals surface area contributed by atoms with Crippen molar-refractivity contribution < 1.29 is 13.2 Å². The average molecular weight is 369 g/mol. The molecule has 0 radical (unpaired) electrons. The quantitative estimate of drug-likeness (QED) is 0.805. The van der Waals surface area contributed by atoms with Gasteiger partial charge < -0.3 is 5.32 Å². The molecule has 0 aliphatic heterocycles. The normalized spacial score (nSPS) is 13.1. The third-order valence-corrected chi connectivity index (χ3v) is 4.73. The van der Waals surface area contributed by atoms with Crippen molar-refractivity contribution >= 4 is 47.3 Å². The van der Waals surface area contributed by atoms with Crippen molar-refractivity contribution in [1.29, 1.82) is 0 Å². The van der Waals surface area contributed by atoms with Gasteiger partial charge in [-0.05, 0) is 40.0 Å². The molecule has 1 atom stereocenters. The lowest BCUT2D eigenvalue weighted by atomic mass is 10.1. The third-order valence-electron chi connectivity index (χ3n) is 2.73. The standard InChI is InChI=1S/C12H15BrClNO3S/c1-3-8(2)6-12(16)15-11-5-4-9(7-10(11)13)19(14,17)18/h4-5,7-8H,3,6H2,1-2H3,(H,15,16). The molecule has 1 N–H and O–H groups in total. The molecule has 1 aromatic carbocycles. The van der Waals surface area contributed by atoms with Crippen LogP contribution < -0.4 is 5.32 Å². The van der Waals surface area contributed by atoms with Crippen LogP contribution in [0.4, 0.5) is 5.69 Å². The second-order valence-corrected chi connectivity index (χ2v) is 7.77. The molecule has 0 saturated heterocycles. The predicted octanol–water partition coefficient (Wildman–Crippen LogP) is 3.75. The molecule has 0 bridgehead atoms. The summed E-state index contributed by atoms with van der Waals surface area (Å²) in [6, 6.07) is 4.22. The second kappa shape index (κ2) is 6.72. The second-order valence-electron chi connectivity index (χ2n) is 4.35. The van der Waals surface area contributed by atoms with Crippen molar-refractivity contribution in [1.82, 2.24) is 0 Å². The summed E-state index contributed by atoms with van der Waals surface area (Å²) in [5.41, 5.74) is 0.525. The van der Waals surface area contributed by atoms with Gasteiger partial charge in [0, 0.05) is 21.6 Å². The first kappa shape index (κ1) is 16.5. The zero-order chi connectivity index (χ0) is 14.6. The zero-order valence-corrected chi connectivity index (χ0v) is 13.8. The number of anilines is 1. The van der Waals surface area contributed by atoms with Crippen LogP contribution in [0.3, 0.4) is 0 Å². The van der Waals surface area contributed by atoms with Gasteiger partial charge in [-0.3, -0.25) is 4.79 Å². The first-order chi connectivity index (χ1) is 8.74. The Labute approximate surface area is 126 Å². The lowest BCUT2D eigenvalue weighted by molar-refractivity contribution is -0.117. The van der Waals surface area contributed by atoms with E-state index in [9.17, 15) is 13.2 Å². The molecule has 4 nitrogen and oxygen atoms in total. The molecule has 0 saturated carbocycles. The number of hydrogen-bond acceptors (Lipinski definition) is 3. The number of carbonyl (C=O) groups is 1. The lowest BCUT2D eigenvalue weighted by Crippen LogP contribution is -2.15. The molecular weight excluding hydrogens is 354 g/mol. The molecular formula is C12H15BrClNO3S. The van der Waals surface area contributed by atoms with E-state index < -0.39 is 9.05 Å². The minimum Gasteiger partial charge on any atom is -0.325 e. The molecule has 1 rings (SSSR count). The highest BCUT2D eigenvalue weighted by molar-refractivity contribution is 9.10. The fraction of sp³-hybridized carbons (Fsp3) is 0.417. The smallest absolute Gasteiger partial charge is 0.261 e. The number of benzene rings is 1. The largest absolute Gasteiger partial charge is 0.325 e. The summed E-state index contributed by atoms with van der Waals surface area (Å²) < 4.78 is 22.8. The molecule has 106 valence electrons. The van der Waals surface area contributed by atoms with Gasteiger partial charge in [0.15, 0.2) is 0 Å². The van der Waals surface area contributed by atoms with Crippen LogP contribution in [-0.4, -0.2) is 14.3 Å². The summed E-state index contributed by atoms with van der Waals surface area (Å²) in [4.78, 5) is 11.7. The van der Waals surface area contributed by atoms with Crippen molar-refractivity contribution in [2.24, 2.45) is 5.92 Å². The van der Waals surface area contributed by atoms with Crippen molar-refractivity contribution in [3.05, 3.63) is 22.7 Å². The number of nitrogens with one attached hydrogen (secondary N) is 1. The predicted molar refractivity (Wildman–Crippen MR) is 79.9 cm³/mol. The molecule has 1 amide bonds. The molecule has 0 aliphatic carbocycles. The van der Waals surface area contributed by atoms with E-state index in [0.717, 1.165) is 6.42 Å². The number of rotatable bonds is 5. The monoisotopic (exact) mass is 367 g/mol. The van der Waals surface area contributed by atoms with E-state index in [1.54, 1.807) is 0 Å². The van der Waals surface area contributed by atoms with Crippen molar-refractivity contribution in [2.45, 2.75) is 31.6 Å². The van der Waals surface area contributed by atoms with Crippen molar-refractivity contribution in [2.75, 3.05) is 5.32 Å². The summed E-state index contributed by atoms with van der Waals surface area (Å²) in [5, 5.41) is 2.73. The van der Waals surface area contributed by atoms with Crippen molar-refractivity contribution in [3.63, 3.8) is 0 Å². The summed E-state index contributed by atoms with van der Waals surface area (Å²) in [5.74, 6) is 0.206. The first-order valence-corrected chi connectivity index (χ1v) is 8.88. The highest BCUT2D eigenvalue weighted by Gasteiger charge is 2.14. The van der Waals surface area contributed by atoms with E-state index in [1.165, 1.54) is 18.2 Å². The summed E-state index contributed by atoms with van der Waals surface area (Å²) in [6.07, 6.45) is 1.36. The molecule has 0 heterocycles.